The number of nitrogens with two attached hydrogens (primary N) is 2. The zero-order valence-corrected chi connectivity index (χ0v) is 17.7. The molecule has 0 amide bonds. The van der Waals surface area contributed by atoms with Gasteiger partial charge in [0.2, 0.25) is 0 Å². The van der Waals surface area contributed by atoms with Crippen LogP contribution in [0.2, 0.25) is 0 Å². The van der Waals surface area contributed by atoms with Gasteiger partial charge in [-0.3, -0.25) is 0 Å². The molecule has 2 heteroatoms. The third-order valence-corrected chi connectivity index (χ3v) is 5.89. The average Bonchev–Trinajstić information content (AvgIpc) is 2.87. The second-order valence-electron chi connectivity index (χ2n) is 7.81. The summed E-state index contributed by atoms with van der Waals surface area (Å²) in [6, 6.07) is 41.5. The van der Waals surface area contributed by atoms with Crippen molar-refractivity contribution in [3.8, 4) is 44.5 Å². The molecule has 154 valence electrons. The first-order valence-corrected chi connectivity index (χ1v) is 10.7. The van der Waals surface area contributed by atoms with Crippen LogP contribution < -0.4 is 11.5 Å². The summed E-state index contributed by atoms with van der Waals surface area (Å²) in [6.07, 6.45) is 0. The van der Waals surface area contributed by atoms with Crippen molar-refractivity contribution in [1.29, 1.82) is 0 Å². The van der Waals surface area contributed by atoms with Crippen molar-refractivity contribution in [3.05, 3.63) is 121 Å². The molecule has 5 aromatic carbocycles. The largest absolute Gasteiger partial charge is 0.397 e. The highest BCUT2D eigenvalue weighted by molar-refractivity contribution is 5.99. The third-order valence-electron chi connectivity index (χ3n) is 5.89. The van der Waals surface area contributed by atoms with Crippen LogP contribution >= 0.6 is 0 Å². The minimum Gasteiger partial charge on any atom is -0.397 e. The Morgan fingerprint density at radius 1 is 0.281 bits per heavy atom. The molecule has 0 heterocycles. The Morgan fingerprint density at radius 3 is 0.969 bits per heavy atom. The van der Waals surface area contributed by atoms with Crippen molar-refractivity contribution >= 4 is 11.4 Å². The monoisotopic (exact) mass is 412 g/mol. The molecule has 0 aliphatic rings. The van der Waals surface area contributed by atoms with Crippen LogP contribution in [0.15, 0.2) is 121 Å². The van der Waals surface area contributed by atoms with Gasteiger partial charge in [0.25, 0.3) is 0 Å². The van der Waals surface area contributed by atoms with Crippen molar-refractivity contribution < 1.29 is 0 Å². The summed E-state index contributed by atoms with van der Waals surface area (Å²) < 4.78 is 0. The highest BCUT2D eigenvalue weighted by atomic mass is 14.7. The molecule has 0 atom stereocenters. The fraction of sp³-hybridized carbons (Fsp3) is 0. The second-order valence-corrected chi connectivity index (χ2v) is 7.81. The van der Waals surface area contributed by atoms with Crippen LogP contribution in [0.3, 0.4) is 0 Å². The minimum absolute atomic E-state index is 0.605. The molecule has 0 spiro atoms. The lowest BCUT2D eigenvalue weighted by atomic mass is 9.89. The van der Waals surface area contributed by atoms with E-state index in [1.54, 1.807) is 0 Å². The second kappa shape index (κ2) is 8.44. The molecule has 0 saturated carbocycles. The molecule has 5 aromatic rings. The van der Waals surface area contributed by atoms with E-state index in [2.05, 4.69) is 72.8 Å². The standard InChI is InChI=1S/C30H24N2/c31-29-27(25-17-9-7-15-23(25)21-11-3-1-4-12-21)19-20-28(30(29)32)26-18-10-8-16-24(26)22-13-5-2-6-14-22/h1-20H,31-32H2. The van der Waals surface area contributed by atoms with Crippen LogP contribution in [-0.4, -0.2) is 0 Å². The lowest BCUT2D eigenvalue weighted by Crippen LogP contribution is -2.01. The Hall–Kier alpha value is -4.30. The topological polar surface area (TPSA) is 52.0 Å². The van der Waals surface area contributed by atoms with Gasteiger partial charge in [0, 0.05) is 11.1 Å². The van der Waals surface area contributed by atoms with Crippen molar-refractivity contribution in [2.75, 3.05) is 11.5 Å². The molecule has 0 saturated heterocycles. The summed E-state index contributed by atoms with van der Waals surface area (Å²) in [5, 5.41) is 0. The van der Waals surface area contributed by atoms with E-state index in [-0.39, 0.29) is 0 Å². The highest BCUT2D eigenvalue weighted by Gasteiger charge is 2.16. The first kappa shape index (κ1) is 19.7. The van der Waals surface area contributed by atoms with Gasteiger partial charge >= 0.3 is 0 Å². The Bertz CT molecular complexity index is 1270. The van der Waals surface area contributed by atoms with Gasteiger partial charge in [-0.15, -0.1) is 0 Å². The van der Waals surface area contributed by atoms with Gasteiger partial charge in [0.1, 0.15) is 0 Å². The van der Waals surface area contributed by atoms with Gasteiger partial charge in [-0.1, -0.05) is 121 Å². The van der Waals surface area contributed by atoms with Gasteiger partial charge < -0.3 is 11.5 Å². The maximum Gasteiger partial charge on any atom is 0.0634 e. The van der Waals surface area contributed by atoms with Gasteiger partial charge in [-0.2, -0.15) is 0 Å². The number of hydrogen-bond acceptors (Lipinski definition) is 2. The number of anilines is 2. The zero-order valence-electron chi connectivity index (χ0n) is 17.7. The Balaban J connectivity index is 1.65. The molecule has 0 aliphatic heterocycles. The molecule has 0 bridgehead atoms. The third kappa shape index (κ3) is 3.52. The first-order chi connectivity index (χ1) is 15.7. The molecule has 4 N–H and O–H groups in total. The normalized spacial score (nSPS) is 10.8. The van der Waals surface area contributed by atoms with Crippen LogP contribution in [-0.2, 0) is 0 Å². The molecular weight excluding hydrogens is 388 g/mol. The summed E-state index contributed by atoms with van der Waals surface area (Å²) in [5.41, 5.74) is 23.2. The number of hydrogen-bond donors (Lipinski definition) is 2. The Labute approximate surface area is 188 Å². The van der Waals surface area contributed by atoms with E-state index in [1.807, 2.05) is 48.5 Å². The van der Waals surface area contributed by atoms with E-state index >= 15 is 0 Å². The molecular formula is C30H24N2. The summed E-state index contributed by atoms with van der Waals surface area (Å²) in [6.45, 7) is 0. The quantitative estimate of drug-likeness (QED) is 0.300. The lowest BCUT2D eigenvalue weighted by Gasteiger charge is -2.18. The van der Waals surface area contributed by atoms with E-state index in [0.29, 0.717) is 11.4 Å². The van der Waals surface area contributed by atoms with Gasteiger partial charge in [-0.25, -0.2) is 0 Å². The van der Waals surface area contributed by atoms with E-state index in [9.17, 15) is 0 Å². The summed E-state index contributed by atoms with van der Waals surface area (Å²) in [7, 11) is 0. The summed E-state index contributed by atoms with van der Waals surface area (Å²) in [4.78, 5) is 0. The molecule has 5 rings (SSSR count). The maximum atomic E-state index is 6.66. The van der Waals surface area contributed by atoms with Gasteiger partial charge in [-0.05, 0) is 33.4 Å². The van der Waals surface area contributed by atoms with Crippen LogP contribution in [0, 0.1) is 0 Å². The van der Waals surface area contributed by atoms with Crippen LogP contribution in [0.25, 0.3) is 44.5 Å². The minimum atomic E-state index is 0.605. The fourth-order valence-electron chi connectivity index (χ4n) is 4.28. The van der Waals surface area contributed by atoms with Crippen LogP contribution in [0.1, 0.15) is 0 Å². The smallest absolute Gasteiger partial charge is 0.0634 e. The first-order valence-electron chi connectivity index (χ1n) is 10.7. The molecule has 0 aliphatic carbocycles. The maximum absolute atomic E-state index is 6.66. The van der Waals surface area contributed by atoms with E-state index < -0.39 is 0 Å². The van der Waals surface area contributed by atoms with Crippen molar-refractivity contribution in [2.24, 2.45) is 0 Å². The average molecular weight is 413 g/mol. The highest BCUT2D eigenvalue weighted by Crippen LogP contribution is 2.43. The predicted molar refractivity (Wildman–Crippen MR) is 137 cm³/mol. The SMILES string of the molecule is Nc1c(-c2ccccc2-c2ccccc2)ccc(-c2ccccc2-c2ccccc2)c1N. The summed E-state index contributed by atoms with van der Waals surface area (Å²) >= 11 is 0. The van der Waals surface area contributed by atoms with Crippen LogP contribution in [0.4, 0.5) is 11.4 Å². The Morgan fingerprint density at radius 2 is 0.594 bits per heavy atom. The fourth-order valence-corrected chi connectivity index (χ4v) is 4.28. The zero-order chi connectivity index (χ0) is 21.9. The number of benzene rings is 5. The van der Waals surface area contributed by atoms with Crippen molar-refractivity contribution in [2.45, 2.75) is 0 Å². The van der Waals surface area contributed by atoms with Crippen molar-refractivity contribution in [3.63, 3.8) is 0 Å². The molecule has 0 unspecified atom stereocenters. The van der Waals surface area contributed by atoms with Crippen LogP contribution in [0.5, 0.6) is 0 Å². The molecule has 2 nitrogen and oxygen atoms in total. The molecule has 0 fully saturated rings. The Kier molecular flexibility index (Phi) is 5.19. The predicted octanol–water partition coefficient (Wildman–Crippen LogP) is 7.52. The molecule has 32 heavy (non-hydrogen) atoms. The van der Waals surface area contributed by atoms with E-state index in [4.69, 9.17) is 11.5 Å². The van der Waals surface area contributed by atoms with Crippen molar-refractivity contribution in [1.82, 2.24) is 0 Å². The number of nitrogen functional groups attached to an aromatic ring is 2. The van der Waals surface area contributed by atoms with E-state index in [0.717, 1.165) is 44.5 Å². The lowest BCUT2D eigenvalue weighted by molar-refractivity contribution is 1.55. The number of rotatable bonds is 4. The summed E-state index contributed by atoms with van der Waals surface area (Å²) in [5.74, 6) is 0. The van der Waals surface area contributed by atoms with Gasteiger partial charge in [0.05, 0.1) is 11.4 Å². The molecule has 0 radical (unpaired) electrons. The van der Waals surface area contributed by atoms with E-state index in [1.165, 1.54) is 0 Å². The van der Waals surface area contributed by atoms with Gasteiger partial charge in [0.15, 0.2) is 0 Å². The molecule has 0 aromatic heterocycles.